The van der Waals surface area contributed by atoms with E-state index in [9.17, 15) is 26.4 Å². The van der Waals surface area contributed by atoms with Crippen LogP contribution in [0.15, 0.2) is 18.5 Å². The maximum atomic E-state index is 13.2. The smallest absolute Gasteiger partial charge is 0.349 e. The van der Waals surface area contributed by atoms with E-state index in [4.69, 9.17) is 0 Å². The van der Waals surface area contributed by atoms with Crippen molar-refractivity contribution in [2.45, 2.75) is 56.0 Å². The van der Waals surface area contributed by atoms with E-state index in [0.717, 1.165) is 17.7 Å². The molecule has 0 unspecified atom stereocenters. The van der Waals surface area contributed by atoms with Crippen molar-refractivity contribution in [1.29, 1.82) is 0 Å². The number of anilines is 1. The summed E-state index contributed by atoms with van der Waals surface area (Å²) in [5.74, 6) is -0.478. The van der Waals surface area contributed by atoms with Gasteiger partial charge in [-0.2, -0.15) is 13.2 Å². The molecule has 8 nitrogen and oxygen atoms in total. The molecule has 33 heavy (non-hydrogen) atoms. The summed E-state index contributed by atoms with van der Waals surface area (Å²) >= 11 is 0. The Kier molecular flexibility index (Phi) is 5.55. The number of aromatic amines is 1. The van der Waals surface area contributed by atoms with Crippen LogP contribution in [0.5, 0.6) is 0 Å². The number of fused-ring (bicyclic) bond motifs is 3. The van der Waals surface area contributed by atoms with E-state index in [0.29, 0.717) is 48.9 Å². The highest BCUT2D eigenvalue weighted by Gasteiger charge is 2.41. The third-order valence-corrected chi connectivity index (χ3v) is 8.77. The molecule has 0 spiro atoms. The molecule has 1 amide bonds. The zero-order valence-electron chi connectivity index (χ0n) is 17.9. The summed E-state index contributed by atoms with van der Waals surface area (Å²) in [5, 5.41) is 0.458. The van der Waals surface area contributed by atoms with Gasteiger partial charge in [-0.15, -0.1) is 0 Å². The van der Waals surface area contributed by atoms with Crippen molar-refractivity contribution in [3.8, 4) is 0 Å². The van der Waals surface area contributed by atoms with Crippen molar-refractivity contribution in [1.82, 2.24) is 19.6 Å². The first kappa shape index (κ1) is 22.5. The highest BCUT2D eigenvalue weighted by atomic mass is 32.2. The van der Waals surface area contributed by atoms with Crippen molar-refractivity contribution >= 4 is 32.7 Å². The number of nitrogens with zero attached hydrogens (tertiary/aromatic N) is 3. The summed E-state index contributed by atoms with van der Waals surface area (Å²) < 4.78 is 66.4. The zero-order chi connectivity index (χ0) is 23.4. The molecular formula is C21H26F3N5O3S. The van der Waals surface area contributed by atoms with Crippen LogP contribution in [0.3, 0.4) is 0 Å². The van der Waals surface area contributed by atoms with Gasteiger partial charge in [0.25, 0.3) is 5.91 Å². The number of alkyl halides is 3. The Hall–Kier alpha value is -2.34. The Morgan fingerprint density at radius 3 is 2.55 bits per heavy atom. The van der Waals surface area contributed by atoms with E-state index in [1.165, 1.54) is 6.20 Å². The monoisotopic (exact) mass is 485 g/mol. The predicted octanol–water partition coefficient (Wildman–Crippen LogP) is 2.99. The topological polar surface area (TPSA) is 98.4 Å². The summed E-state index contributed by atoms with van der Waals surface area (Å²) in [6.45, 7) is -1.06. The van der Waals surface area contributed by atoms with Gasteiger partial charge in [-0.05, 0) is 50.5 Å². The zero-order valence-corrected chi connectivity index (χ0v) is 18.8. The summed E-state index contributed by atoms with van der Waals surface area (Å²) in [5.41, 5.74) is 1.39. The average molecular weight is 486 g/mol. The van der Waals surface area contributed by atoms with Gasteiger partial charge < -0.3 is 14.8 Å². The third-order valence-electron chi connectivity index (χ3n) is 6.85. The van der Waals surface area contributed by atoms with Crippen LogP contribution in [0.4, 0.5) is 18.9 Å². The summed E-state index contributed by atoms with van der Waals surface area (Å²) in [6.07, 6.45) is 2.92. The van der Waals surface area contributed by atoms with Crippen molar-refractivity contribution in [3.05, 3.63) is 24.0 Å². The molecule has 0 aromatic carbocycles. The van der Waals surface area contributed by atoms with Crippen LogP contribution in [-0.4, -0.2) is 66.4 Å². The number of H-pyrrole nitrogens is 1. The first-order chi connectivity index (χ1) is 15.6. The number of hydrogen-bond donors (Lipinski definition) is 2. The molecule has 1 aliphatic heterocycles. The molecule has 5 rings (SSSR count). The first-order valence-corrected chi connectivity index (χ1v) is 12.7. The Balaban J connectivity index is 1.35. The van der Waals surface area contributed by atoms with Crippen LogP contribution in [0.2, 0.25) is 0 Å². The molecule has 2 aliphatic carbocycles. The molecule has 180 valence electrons. The molecule has 3 aliphatic rings. The lowest BCUT2D eigenvalue weighted by Crippen LogP contribution is -2.54. The number of nitrogens with one attached hydrogen (secondary N) is 2. The van der Waals surface area contributed by atoms with Gasteiger partial charge in [0.2, 0.25) is 10.0 Å². The average Bonchev–Trinajstić information content (AvgIpc) is 3.52. The van der Waals surface area contributed by atoms with E-state index >= 15 is 0 Å². The molecule has 2 aromatic rings. The number of sulfonamides is 1. The molecule has 0 saturated heterocycles. The SMILES string of the molecule is O=C1c2cnc3[nH]ccc3c2N(C2CCC(CNS(=O)(=O)C3CC3)CC2)CN1CC(F)(F)F. The van der Waals surface area contributed by atoms with E-state index in [2.05, 4.69) is 14.7 Å². The van der Waals surface area contributed by atoms with Crippen LogP contribution < -0.4 is 9.62 Å². The van der Waals surface area contributed by atoms with Crippen molar-refractivity contribution < 1.29 is 26.4 Å². The summed E-state index contributed by atoms with van der Waals surface area (Å²) in [7, 11) is -3.23. The van der Waals surface area contributed by atoms with E-state index in [1.54, 1.807) is 12.3 Å². The maximum Gasteiger partial charge on any atom is 0.406 e. The number of halogens is 3. The molecule has 2 aromatic heterocycles. The molecule has 2 N–H and O–H groups in total. The minimum Gasteiger partial charge on any atom is -0.349 e. The van der Waals surface area contributed by atoms with E-state index in [-0.39, 0.29) is 29.4 Å². The minimum atomic E-state index is -4.50. The lowest BCUT2D eigenvalue weighted by Gasteiger charge is -2.45. The van der Waals surface area contributed by atoms with Crippen LogP contribution in [0.1, 0.15) is 48.9 Å². The van der Waals surface area contributed by atoms with Gasteiger partial charge in [-0.3, -0.25) is 4.79 Å². The van der Waals surface area contributed by atoms with Gasteiger partial charge in [-0.1, -0.05) is 0 Å². The van der Waals surface area contributed by atoms with Crippen LogP contribution in [0, 0.1) is 5.92 Å². The van der Waals surface area contributed by atoms with Crippen LogP contribution in [0.25, 0.3) is 11.0 Å². The maximum absolute atomic E-state index is 13.2. The fraction of sp³-hybridized carbons (Fsp3) is 0.619. The summed E-state index contributed by atoms with van der Waals surface area (Å²) in [4.78, 5) is 22.8. The highest BCUT2D eigenvalue weighted by Crippen LogP contribution is 2.39. The molecule has 3 heterocycles. The fourth-order valence-corrected chi connectivity index (χ4v) is 6.44. The lowest BCUT2D eigenvalue weighted by atomic mass is 9.85. The molecule has 12 heteroatoms. The predicted molar refractivity (Wildman–Crippen MR) is 116 cm³/mol. The van der Waals surface area contributed by atoms with Crippen LogP contribution >= 0.6 is 0 Å². The Bertz CT molecular complexity index is 1150. The number of amides is 1. The highest BCUT2D eigenvalue weighted by molar-refractivity contribution is 7.90. The van der Waals surface area contributed by atoms with Crippen molar-refractivity contribution in [3.63, 3.8) is 0 Å². The largest absolute Gasteiger partial charge is 0.406 e. The minimum absolute atomic E-state index is 0.0515. The fourth-order valence-electron chi connectivity index (χ4n) is 4.98. The first-order valence-electron chi connectivity index (χ1n) is 11.2. The molecule has 2 saturated carbocycles. The number of hydrogen-bond acceptors (Lipinski definition) is 5. The Labute approximate surface area is 189 Å². The third kappa shape index (κ3) is 4.54. The molecule has 2 fully saturated rings. The van der Waals surface area contributed by atoms with Crippen LogP contribution in [-0.2, 0) is 10.0 Å². The van der Waals surface area contributed by atoms with E-state index < -0.39 is 28.7 Å². The standard InChI is InChI=1S/C21H26F3N5O3S/c22-21(23,24)11-28-12-29(18-16-7-8-25-19(16)26-10-17(18)20(28)30)14-3-1-13(2-4-14)9-27-33(31,32)15-5-6-15/h7-8,10,13-15,27H,1-6,9,11-12H2,(H,25,26). The molecular weight excluding hydrogens is 459 g/mol. The van der Waals surface area contributed by atoms with E-state index in [1.807, 2.05) is 4.90 Å². The molecule has 0 bridgehead atoms. The molecule has 0 atom stereocenters. The number of rotatable bonds is 6. The van der Waals surface area contributed by atoms with Gasteiger partial charge in [-0.25, -0.2) is 18.1 Å². The Morgan fingerprint density at radius 2 is 1.88 bits per heavy atom. The summed E-state index contributed by atoms with van der Waals surface area (Å²) in [6, 6.07) is 1.74. The number of aromatic nitrogens is 2. The second-order valence-corrected chi connectivity index (χ2v) is 11.3. The normalized spacial score (nSPS) is 24.4. The number of pyridine rings is 1. The lowest BCUT2D eigenvalue weighted by molar-refractivity contribution is -0.141. The van der Waals surface area contributed by atoms with Gasteiger partial charge >= 0.3 is 6.18 Å². The van der Waals surface area contributed by atoms with Crippen molar-refractivity contribution in [2.24, 2.45) is 5.92 Å². The molecule has 0 radical (unpaired) electrons. The van der Waals surface area contributed by atoms with Gasteiger partial charge in [0.15, 0.2) is 0 Å². The quantitative estimate of drug-likeness (QED) is 0.656. The number of carbonyl (C=O) groups is 1. The van der Waals surface area contributed by atoms with Crippen molar-refractivity contribution in [2.75, 3.05) is 24.7 Å². The second-order valence-electron chi connectivity index (χ2n) is 9.26. The van der Waals surface area contributed by atoms with Gasteiger partial charge in [0, 0.05) is 30.4 Å². The van der Waals surface area contributed by atoms with Gasteiger partial charge in [0.1, 0.15) is 12.2 Å². The second kappa shape index (κ2) is 8.15. The van der Waals surface area contributed by atoms with Gasteiger partial charge in [0.05, 0.1) is 23.2 Å². The number of carbonyl (C=O) groups excluding carboxylic acids is 1. The Morgan fingerprint density at radius 1 is 1.15 bits per heavy atom.